The number of carbonyl (C=O) groups excluding carboxylic acids is 2. The molecule has 0 bridgehead atoms. The molecule has 1 unspecified atom stereocenters. The molecule has 0 aromatic heterocycles. The fraction of sp³-hybridized carbons (Fsp3) is 0.857. The number of amides is 1. The Morgan fingerprint density at radius 1 is 1.03 bits per heavy atom. The summed E-state index contributed by atoms with van der Waals surface area (Å²) in [7, 11) is -5.30. The average Bonchev–Trinajstić information content (AvgIpc) is 2.61. The fourth-order valence-electron chi connectivity index (χ4n) is 3.11. The average molecular weight is 536 g/mol. The summed E-state index contributed by atoms with van der Waals surface area (Å²) in [6.07, 6.45) is 1.80. The minimum absolute atomic E-state index is 0. The standard InChI is InChI=1S/C21H42NO5Si.K.O3S/c1-10-17(18(23)22-20(4,5)6)16-21(7,8)19(24)25-14-13-15-28(9,26-11-2)27-12-3;;1-4(2)3/h17H,4,10-16H2,1-3,5-9H3,(H,22,23);;/q-1;+1;. The molecule has 190 valence electrons. The van der Waals surface area contributed by atoms with E-state index in [-0.39, 0.29) is 69.2 Å². The van der Waals surface area contributed by atoms with E-state index in [0.717, 1.165) is 6.04 Å². The maximum absolute atomic E-state index is 12.6. The van der Waals surface area contributed by atoms with Gasteiger partial charge >= 0.3 is 76.5 Å². The molecule has 0 saturated heterocycles. The SMILES string of the molecule is O=S(=O)=O.[CH2-]C(C)(C)NC(=O)C(CC)CC(C)(C)C(=O)OCCC[Si](C)(OCC)OCC.[K+]. The van der Waals surface area contributed by atoms with Crippen molar-refractivity contribution in [1.29, 1.82) is 0 Å². The molecular weight excluding hydrogens is 493 g/mol. The van der Waals surface area contributed by atoms with Crippen molar-refractivity contribution in [2.45, 2.75) is 85.9 Å². The second-order valence-corrected chi connectivity index (χ2v) is 12.8. The van der Waals surface area contributed by atoms with E-state index in [9.17, 15) is 9.59 Å². The van der Waals surface area contributed by atoms with Gasteiger partial charge in [0, 0.05) is 19.1 Å². The summed E-state index contributed by atoms with van der Waals surface area (Å²) in [4.78, 5) is 25.0. The van der Waals surface area contributed by atoms with Gasteiger partial charge in [0.1, 0.15) is 0 Å². The Bertz CT molecular complexity index is 667. The third-order valence-corrected chi connectivity index (χ3v) is 7.60. The van der Waals surface area contributed by atoms with Gasteiger partial charge in [-0.3, -0.25) is 9.59 Å². The van der Waals surface area contributed by atoms with Gasteiger partial charge in [-0.2, -0.15) is 0 Å². The Hall–Kier alpha value is 0.333. The number of esters is 1. The van der Waals surface area contributed by atoms with E-state index in [4.69, 9.17) is 26.2 Å². The van der Waals surface area contributed by atoms with Crippen LogP contribution in [0.25, 0.3) is 0 Å². The van der Waals surface area contributed by atoms with E-state index in [2.05, 4.69) is 12.2 Å². The Labute approximate surface area is 245 Å². The third kappa shape index (κ3) is 20.2. The van der Waals surface area contributed by atoms with Crippen molar-refractivity contribution < 1.29 is 87.2 Å². The zero-order valence-electron chi connectivity index (χ0n) is 21.9. The number of hydrogen-bond acceptors (Lipinski definition) is 8. The van der Waals surface area contributed by atoms with Gasteiger partial charge in [-0.05, 0) is 59.5 Å². The van der Waals surface area contributed by atoms with Crippen LogP contribution in [0.3, 0.4) is 0 Å². The Morgan fingerprint density at radius 3 is 1.85 bits per heavy atom. The molecular formula is C21H42KNO8SSi. The summed E-state index contributed by atoms with van der Waals surface area (Å²) in [6, 6.07) is 0.779. The largest absolute Gasteiger partial charge is 1.00 e. The van der Waals surface area contributed by atoms with E-state index in [1.54, 1.807) is 0 Å². The van der Waals surface area contributed by atoms with Crippen molar-refractivity contribution in [3.8, 4) is 0 Å². The second kappa shape index (κ2) is 18.6. The van der Waals surface area contributed by atoms with Crippen LogP contribution in [0.1, 0.15) is 67.7 Å². The summed E-state index contributed by atoms with van der Waals surface area (Å²) >= 11 is 0. The molecule has 0 aromatic rings. The first kappa shape index (κ1) is 37.9. The zero-order chi connectivity index (χ0) is 25.6. The summed E-state index contributed by atoms with van der Waals surface area (Å²) < 4.78 is 42.5. The Morgan fingerprint density at radius 2 is 1.48 bits per heavy atom. The van der Waals surface area contributed by atoms with Crippen molar-refractivity contribution >= 4 is 31.0 Å². The molecule has 0 heterocycles. The van der Waals surface area contributed by atoms with Gasteiger partial charge in [-0.1, -0.05) is 26.3 Å². The van der Waals surface area contributed by atoms with Gasteiger partial charge in [-0.25, -0.2) is 0 Å². The van der Waals surface area contributed by atoms with Crippen LogP contribution < -0.4 is 56.7 Å². The second-order valence-electron chi connectivity index (χ2n) is 9.01. The van der Waals surface area contributed by atoms with E-state index in [0.29, 0.717) is 39.1 Å². The smallest absolute Gasteiger partial charge is 0.465 e. The molecule has 0 aliphatic rings. The number of ether oxygens (including phenoxy) is 1. The predicted octanol–water partition coefficient (Wildman–Crippen LogP) is 0.236. The number of carbonyl (C=O) groups is 2. The van der Waals surface area contributed by atoms with Crippen LogP contribution in [-0.4, -0.2) is 58.4 Å². The van der Waals surface area contributed by atoms with E-state index in [1.807, 2.05) is 55.0 Å². The summed E-state index contributed by atoms with van der Waals surface area (Å²) in [6.45, 7) is 20.8. The molecule has 1 N–H and O–H groups in total. The van der Waals surface area contributed by atoms with Gasteiger partial charge in [-0.15, -0.1) is 12.6 Å². The molecule has 0 fully saturated rings. The molecule has 0 aliphatic heterocycles. The Kier molecular flexibility index (Phi) is 21.3. The summed E-state index contributed by atoms with van der Waals surface area (Å²) in [5.74, 6) is -0.599. The molecule has 0 saturated carbocycles. The van der Waals surface area contributed by atoms with Gasteiger partial charge < -0.3 is 25.8 Å². The maximum Gasteiger partial charge on any atom is 1.00 e. The van der Waals surface area contributed by atoms with Gasteiger partial charge in [0.15, 0.2) is 0 Å². The van der Waals surface area contributed by atoms with Crippen LogP contribution in [0.5, 0.6) is 0 Å². The first-order valence-electron chi connectivity index (χ1n) is 10.9. The van der Waals surface area contributed by atoms with E-state index in [1.165, 1.54) is 0 Å². The van der Waals surface area contributed by atoms with Crippen LogP contribution in [0.2, 0.25) is 12.6 Å². The first-order chi connectivity index (χ1) is 14.5. The molecule has 0 aliphatic carbocycles. The molecule has 33 heavy (non-hydrogen) atoms. The zero-order valence-corrected chi connectivity index (χ0v) is 26.8. The Balaban J connectivity index is -0.00000165. The first-order valence-corrected chi connectivity index (χ1v) is 14.4. The van der Waals surface area contributed by atoms with E-state index < -0.39 is 30.1 Å². The fourth-order valence-corrected chi connectivity index (χ4v) is 5.49. The quantitative estimate of drug-likeness (QED) is 0.145. The molecule has 0 aromatic carbocycles. The molecule has 12 heteroatoms. The van der Waals surface area contributed by atoms with Crippen molar-refractivity contribution in [3.05, 3.63) is 6.92 Å². The van der Waals surface area contributed by atoms with Crippen molar-refractivity contribution in [3.63, 3.8) is 0 Å². The molecule has 9 nitrogen and oxygen atoms in total. The summed E-state index contributed by atoms with van der Waals surface area (Å²) in [5.41, 5.74) is -1.27. The summed E-state index contributed by atoms with van der Waals surface area (Å²) in [5, 5.41) is 2.90. The van der Waals surface area contributed by atoms with Gasteiger partial charge in [0.05, 0.1) is 12.0 Å². The van der Waals surface area contributed by atoms with Crippen LogP contribution in [0, 0.1) is 18.3 Å². The van der Waals surface area contributed by atoms with Gasteiger partial charge in [0.2, 0.25) is 5.91 Å². The van der Waals surface area contributed by atoms with Crippen LogP contribution in [0.15, 0.2) is 0 Å². The van der Waals surface area contributed by atoms with Crippen molar-refractivity contribution in [2.24, 2.45) is 11.3 Å². The third-order valence-electron chi connectivity index (χ3n) is 4.54. The topological polar surface area (TPSA) is 125 Å². The van der Waals surface area contributed by atoms with Gasteiger partial charge in [0.25, 0.3) is 0 Å². The van der Waals surface area contributed by atoms with Crippen molar-refractivity contribution in [1.82, 2.24) is 5.32 Å². The monoisotopic (exact) mass is 535 g/mol. The van der Waals surface area contributed by atoms with Crippen LogP contribution in [-0.2, 0) is 33.8 Å². The molecule has 0 rings (SSSR count). The molecule has 1 amide bonds. The maximum atomic E-state index is 12.6. The molecule has 1 atom stereocenters. The number of rotatable bonds is 14. The van der Waals surface area contributed by atoms with Crippen LogP contribution in [0.4, 0.5) is 0 Å². The molecule has 0 spiro atoms. The minimum Gasteiger partial charge on any atom is -0.465 e. The van der Waals surface area contributed by atoms with Crippen molar-refractivity contribution in [2.75, 3.05) is 19.8 Å². The van der Waals surface area contributed by atoms with Crippen LogP contribution >= 0.6 is 0 Å². The minimum atomic E-state index is -3.11. The number of hydrogen-bond donors (Lipinski definition) is 1. The molecule has 0 radical (unpaired) electrons. The predicted molar refractivity (Wildman–Crippen MR) is 125 cm³/mol. The van der Waals surface area contributed by atoms with E-state index >= 15 is 0 Å². The number of nitrogens with one attached hydrogen (secondary N) is 1. The normalized spacial score (nSPS) is 12.5.